The molecule has 0 saturated carbocycles. The number of carbonyl (C=O) groups is 3. The first kappa shape index (κ1) is 46.1. The van der Waals surface area contributed by atoms with E-state index in [0.717, 1.165) is 16.5 Å². The van der Waals surface area contributed by atoms with Gasteiger partial charge in [0.25, 0.3) is 0 Å². The van der Waals surface area contributed by atoms with Gasteiger partial charge in [0, 0.05) is 42.7 Å². The summed E-state index contributed by atoms with van der Waals surface area (Å²) in [4.78, 5) is 51.7. The Morgan fingerprint density at radius 3 is 2.40 bits per heavy atom. The number of benzene rings is 1. The van der Waals surface area contributed by atoms with E-state index < -0.39 is 89.4 Å². The first-order chi connectivity index (χ1) is 26.7. The topological polar surface area (TPSA) is 187 Å². The number of para-hydroxylation sites is 1. The highest BCUT2D eigenvalue weighted by Gasteiger charge is 2.51. The van der Waals surface area contributed by atoms with Gasteiger partial charge >= 0.3 is 11.9 Å². The first-order valence-electron chi connectivity index (χ1n) is 19.9. The van der Waals surface area contributed by atoms with E-state index in [1.54, 1.807) is 33.9 Å². The Kier molecular flexibility index (Phi) is 15.7. The lowest BCUT2D eigenvalue weighted by atomic mass is 9.74. The highest BCUT2D eigenvalue weighted by Crippen LogP contribution is 2.39. The third-order valence-electron chi connectivity index (χ3n) is 11.6. The monoisotopic (exact) mass is 797 g/mol. The van der Waals surface area contributed by atoms with Crippen molar-refractivity contribution in [2.75, 3.05) is 20.7 Å². The summed E-state index contributed by atoms with van der Waals surface area (Å²) >= 11 is 0. The molecule has 0 aliphatic carbocycles. The lowest BCUT2D eigenvalue weighted by Gasteiger charge is -2.47. The number of hydrogen-bond donors (Lipinski definition) is 3. The second kappa shape index (κ2) is 19.4. The zero-order valence-corrected chi connectivity index (χ0v) is 35.2. The number of ketones is 1. The minimum absolute atomic E-state index is 0.0448. The van der Waals surface area contributed by atoms with Crippen molar-refractivity contribution in [1.82, 2.24) is 9.88 Å². The van der Waals surface area contributed by atoms with Gasteiger partial charge in [-0.15, -0.1) is 0 Å². The van der Waals surface area contributed by atoms with E-state index >= 15 is 0 Å². The van der Waals surface area contributed by atoms with Crippen molar-refractivity contribution in [2.24, 2.45) is 28.8 Å². The zero-order valence-electron chi connectivity index (χ0n) is 35.2. The van der Waals surface area contributed by atoms with Gasteiger partial charge in [-0.25, -0.2) is 4.79 Å². The molecule has 3 N–H and O–H groups in total. The van der Waals surface area contributed by atoms with Crippen molar-refractivity contribution in [3.05, 3.63) is 48.2 Å². The minimum Gasteiger partial charge on any atom is -0.459 e. The summed E-state index contributed by atoms with van der Waals surface area (Å²) < 4.78 is 25.6. The molecule has 0 amide bonds. The van der Waals surface area contributed by atoms with E-state index in [4.69, 9.17) is 23.8 Å². The Balaban J connectivity index is 1.83. The van der Waals surface area contributed by atoms with Crippen molar-refractivity contribution in [1.29, 1.82) is 0 Å². The summed E-state index contributed by atoms with van der Waals surface area (Å²) in [6.07, 6.45) is -0.285. The quantitative estimate of drug-likeness (QED) is 0.137. The molecule has 14 heteroatoms. The predicted octanol–water partition coefficient (Wildman–Crippen LogP) is 4.70. The van der Waals surface area contributed by atoms with Gasteiger partial charge in [0.1, 0.15) is 17.6 Å². The van der Waals surface area contributed by atoms with Crippen LogP contribution in [0.25, 0.3) is 17.0 Å². The molecule has 57 heavy (non-hydrogen) atoms. The minimum atomic E-state index is -1.99. The molecule has 0 radical (unpaired) electrons. The number of aromatic nitrogens is 1. The molecular formula is C43H63N3O11. The molecule has 4 rings (SSSR count). The number of aliphatic hydroxyl groups excluding tert-OH is 2. The van der Waals surface area contributed by atoms with Gasteiger partial charge in [-0.2, -0.15) is 0 Å². The molecule has 2 saturated heterocycles. The third kappa shape index (κ3) is 10.9. The van der Waals surface area contributed by atoms with Crippen molar-refractivity contribution in [3.63, 3.8) is 0 Å². The number of aliphatic hydroxyl groups is 3. The molecule has 0 spiro atoms. The summed E-state index contributed by atoms with van der Waals surface area (Å²) in [6, 6.07) is 9.48. The van der Waals surface area contributed by atoms with Gasteiger partial charge in [-0.3, -0.25) is 14.6 Å². The van der Waals surface area contributed by atoms with Crippen LogP contribution in [0.4, 0.5) is 0 Å². The van der Waals surface area contributed by atoms with Crippen molar-refractivity contribution >= 4 is 40.4 Å². The fourth-order valence-electron chi connectivity index (χ4n) is 8.52. The average Bonchev–Trinajstić information content (AvgIpc) is 3.15. The normalized spacial score (nSPS) is 37.0. The standard InChI is InChI=1S/C43H63N3O11/c1-12-34-43(9,52)39(50)25(3)36(45-57-29(7)47)24(2)22-42(8,53-19-15-16-30-20-31-17-13-14-18-32(31)44-23-30)40(26(4)38(49)27(5)41(51)55-34)56-35-21-33(48)37(46(10)11)28(6)54-35/h13-18,20,23-28,33-35,37,39-40,48,50,52H,12,19,21-22H2,1-11H3/b16-15+,45-36+/t24-,25+,26+,27-,28-,33+,34-,35+,37+,39-,40-,42-,43-/m1/s1. The van der Waals surface area contributed by atoms with E-state index in [2.05, 4.69) is 10.1 Å². The van der Waals surface area contributed by atoms with Gasteiger partial charge in [-0.1, -0.05) is 63.2 Å². The molecule has 0 unspecified atom stereocenters. The molecule has 14 nitrogen and oxygen atoms in total. The fourth-order valence-corrected chi connectivity index (χ4v) is 8.52. The number of ether oxygens (including phenoxy) is 4. The van der Waals surface area contributed by atoms with Gasteiger partial charge in [0.15, 0.2) is 12.1 Å². The first-order valence-corrected chi connectivity index (χ1v) is 19.9. The fraction of sp³-hybridized carbons (Fsp3) is 0.651. The van der Waals surface area contributed by atoms with Crippen LogP contribution in [0.1, 0.15) is 87.1 Å². The number of Topliss-reactive ketones (excluding diaryl/α,β-unsaturated/α-hetero) is 1. The number of hydrogen-bond acceptors (Lipinski definition) is 14. The second-order valence-corrected chi connectivity index (χ2v) is 16.5. The number of pyridine rings is 1. The number of rotatable bonds is 9. The molecule has 316 valence electrons. The third-order valence-corrected chi connectivity index (χ3v) is 11.6. The molecular weight excluding hydrogens is 734 g/mol. The van der Waals surface area contributed by atoms with Crippen molar-refractivity contribution < 1.29 is 53.5 Å². The maximum atomic E-state index is 14.4. The number of likely N-dealkylation sites (N-methyl/N-ethyl adjacent to an activating group) is 1. The maximum Gasteiger partial charge on any atom is 0.331 e. The molecule has 2 aliphatic heterocycles. The van der Waals surface area contributed by atoms with Gasteiger partial charge < -0.3 is 44.0 Å². The largest absolute Gasteiger partial charge is 0.459 e. The number of oxime groups is 1. The van der Waals surface area contributed by atoms with Crippen LogP contribution in [0.3, 0.4) is 0 Å². The van der Waals surface area contributed by atoms with Crippen LogP contribution in [-0.4, -0.2) is 123 Å². The van der Waals surface area contributed by atoms with Gasteiger partial charge in [0.2, 0.25) is 0 Å². The van der Waals surface area contributed by atoms with Gasteiger partial charge in [-0.05, 0) is 72.3 Å². The van der Waals surface area contributed by atoms with Gasteiger partial charge in [0.05, 0.1) is 53.9 Å². The molecule has 1 aromatic heterocycles. The molecule has 2 aromatic rings. The van der Waals surface area contributed by atoms with Crippen molar-refractivity contribution in [3.8, 4) is 0 Å². The van der Waals surface area contributed by atoms with E-state index in [1.807, 2.05) is 75.3 Å². The van der Waals surface area contributed by atoms with Crippen molar-refractivity contribution in [2.45, 2.75) is 136 Å². The summed E-state index contributed by atoms with van der Waals surface area (Å²) in [5, 5.41) is 39.9. The number of esters is 1. The van der Waals surface area contributed by atoms with Crippen LogP contribution in [0.15, 0.2) is 47.8 Å². The number of fused-ring (bicyclic) bond motifs is 1. The molecule has 3 heterocycles. The average molecular weight is 798 g/mol. The Labute approximate surface area is 336 Å². The van der Waals surface area contributed by atoms with Crippen LogP contribution in [0.5, 0.6) is 0 Å². The Morgan fingerprint density at radius 1 is 1.09 bits per heavy atom. The Morgan fingerprint density at radius 2 is 1.77 bits per heavy atom. The lowest BCUT2D eigenvalue weighted by molar-refractivity contribution is -0.279. The molecule has 2 fully saturated rings. The lowest BCUT2D eigenvalue weighted by Crippen LogP contribution is -2.59. The summed E-state index contributed by atoms with van der Waals surface area (Å²) in [6.45, 7) is 14.5. The van der Waals surface area contributed by atoms with E-state index in [9.17, 15) is 29.7 Å². The molecule has 13 atom stereocenters. The van der Waals surface area contributed by atoms with E-state index in [-0.39, 0.29) is 37.6 Å². The van der Waals surface area contributed by atoms with Crippen LogP contribution in [0.2, 0.25) is 0 Å². The number of carbonyl (C=O) groups excluding carboxylic acids is 3. The predicted molar refractivity (Wildman–Crippen MR) is 215 cm³/mol. The smallest absolute Gasteiger partial charge is 0.331 e. The molecule has 2 aliphatic rings. The second-order valence-electron chi connectivity index (χ2n) is 16.5. The van der Waals surface area contributed by atoms with E-state index in [0.29, 0.717) is 0 Å². The summed E-state index contributed by atoms with van der Waals surface area (Å²) in [5.74, 6) is -5.90. The SMILES string of the molecule is CC[C@H]1OC(=O)[C@H](C)C(=O)[C@H](C)[C@@H](O[C@H]2C[C@H](O)[C@@H](N(C)C)[C@@H](C)O2)[C@](C)(OC/C=C/c2cnc3ccccc3c2)C[C@@H](C)/C(=N\OC(C)=O)[C@H](C)[C@@H](O)[C@]1(C)O. The van der Waals surface area contributed by atoms with Crippen LogP contribution < -0.4 is 0 Å². The Hall–Kier alpha value is -3.63. The Bertz CT molecular complexity index is 1750. The summed E-state index contributed by atoms with van der Waals surface area (Å²) in [5.41, 5.74) is -1.42. The highest BCUT2D eigenvalue weighted by atomic mass is 16.7. The maximum absolute atomic E-state index is 14.4. The summed E-state index contributed by atoms with van der Waals surface area (Å²) in [7, 11) is 3.72. The molecule has 1 aromatic carbocycles. The molecule has 0 bridgehead atoms. The highest BCUT2D eigenvalue weighted by molar-refractivity contribution is 6.00. The zero-order chi connectivity index (χ0) is 42.4. The number of nitrogens with zero attached hydrogens (tertiary/aromatic N) is 3. The van der Waals surface area contributed by atoms with E-state index in [1.165, 1.54) is 20.8 Å². The van der Waals surface area contributed by atoms with Crippen LogP contribution in [0, 0.1) is 23.7 Å². The number of cyclic esters (lactones) is 1. The van der Waals surface area contributed by atoms with Crippen LogP contribution >= 0.6 is 0 Å². The van der Waals surface area contributed by atoms with Crippen LogP contribution in [-0.2, 0) is 38.2 Å².